The van der Waals surface area contributed by atoms with Crippen LogP contribution >= 0.6 is 0 Å². The molecule has 0 aliphatic heterocycles. The minimum atomic E-state index is 0.00306. The van der Waals surface area contributed by atoms with Gasteiger partial charge in [0.15, 0.2) is 0 Å². The van der Waals surface area contributed by atoms with E-state index < -0.39 is 0 Å². The highest BCUT2D eigenvalue weighted by molar-refractivity contribution is 5.61. The SMILES string of the molecule is COc1cc(N(C)CCCN=[N+]=[N-])ccc1/N=N/c1ccc(CO)cc1. The lowest BCUT2D eigenvalue weighted by atomic mass is 10.2. The second kappa shape index (κ2) is 10.0. The molecular formula is C18H22N6O2. The standard InChI is InChI=1S/C18H22N6O2/c1-24(11-3-10-20-23-19)16-8-9-17(18(12-16)26-2)22-21-15-6-4-14(13-25)5-7-15/h4-9,12,25H,3,10-11,13H2,1-2H3/b22-21+. The maximum Gasteiger partial charge on any atom is 0.148 e. The second-order valence-electron chi connectivity index (χ2n) is 5.61. The third-order valence-corrected chi connectivity index (χ3v) is 3.81. The number of aliphatic hydroxyl groups excluding tert-OH is 1. The van der Waals surface area contributed by atoms with E-state index >= 15 is 0 Å². The molecule has 2 aromatic carbocycles. The largest absolute Gasteiger partial charge is 0.494 e. The molecule has 136 valence electrons. The Kier molecular flexibility index (Phi) is 7.42. The van der Waals surface area contributed by atoms with Gasteiger partial charge in [-0.1, -0.05) is 17.2 Å². The molecule has 1 N–H and O–H groups in total. The molecule has 0 aliphatic rings. The molecule has 0 aliphatic carbocycles. The molecule has 0 unspecified atom stereocenters. The predicted molar refractivity (Wildman–Crippen MR) is 101 cm³/mol. The smallest absolute Gasteiger partial charge is 0.148 e. The van der Waals surface area contributed by atoms with E-state index in [9.17, 15) is 0 Å². The van der Waals surface area contributed by atoms with Gasteiger partial charge < -0.3 is 14.7 Å². The van der Waals surface area contributed by atoms with E-state index in [0.717, 1.165) is 24.2 Å². The Hall–Kier alpha value is -3.09. The first kappa shape index (κ1) is 19.2. The van der Waals surface area contributed by atoms with E-state index in [1.165, 1.54) is 0 Å². The van der Waals surface area contributed by atoms with Crippen molar-refractivity contribution in [2.45, 2.75) is 13.0 Å². The number of aliphatic hydroxyl groups is 1. The van der Waals surface area contributed by atoms with Crippen molar-refractivity contribution >= 4 is 17.1 Å². The Morgan fingerprint density at radius 3 is 2.58 bits per heavy atom. The Bertz CT molecular complexity index is 785. The van der Waals surface area contributed by atoms with Crippen molar-refractivity contribution in [1.82, 2.24) is 0 Å². The van der Waals surface area contributed by atoms with Gasteiger partial charge in [-0.15, -0.1) is 5.11 Å². The summed E-state index contributed by atoms with van der Waals surface area (Å²) in [5, 5.41) is 21.1. The van der Waals surface area contributed by atoms with Crippen LogP contribution in [0.2, 0.25) is 0 Å². The summed E-state index contributed by atoms with van der Waals surface area (Å²) in [5.41, 5.74) is 11.4. The van der Waals surface area contributed by atoms with Crippen molar-refractivity contribution in [1.29, 1.82) is 0 Å². The third kappa shape index (κ3) is 5.47. The summed E-state index contributed by atoms with van der Waals surface area (Å²) in [6.45, 7) is 1.24. The van der Waals surface area contributed by atoms with Gasteiger partial charge in [0.05, 0.1) is 19.4 Å². The highest BCUT2D eigenvalue weighted by Crippen LogP contribution is 2.33. The van der Waals surface area contributed by atoms with E-state index in [1.54, 1.807) is 31.4 Å². The van der Waals surface area contributed by atoms with Crippen molar-refractivity contribution in [2.24, 2.45) is 15.3 Å². The van der Waals surface area contributed by atoms with Crippen molar-refractivity contribution in [3.05, 3.63) is 58.5 Å². The fourth-order valence-electron chi connectivity index (χ4n) is 2.32. The zero-order valence-corrected chi connectivity index (χ0v) is 14.9. The first-order chi connectivity index (χ1) is 12.7. The summed E-state index contributed by atoms with van der Waals surface area (Å²) in [5.74, 6) is 0.625. The molecule has 0 saturated carbocycles. The Morgan fingerprint density at radius 1 is 1.15 bits per heavy atom. The van der Waals surface area contributed by atoms with Crippen molar-refractivity contribution in [2.75, 3.05) is 32.1 Å². The van der Waals surface area contributed by atoms with Gasteiger partial charge in [0.2, 0.25) is 0 Å². The summed E-state index contributed by atoms with van der Waals surface area (Å²) < 4.78 is 5.42. The molecule has 0 spiro atoms. The normalized spacial score (nSPS) is 10.6. The molecule has 0 aromatic heterocycles. The molecule has 8 nitrogen and oxygen atoms in total. The molecule has 8 heteroatoms. The molecule has 0 fully saturated rings. The molecule has 2 aromatic rings. The lowest BCUT2D eigenvalue weighted by molar-refractivity contribution is 0.282. The second-order valence-corrected chi connectivity index (χ2v) is 5.61. The van der Waals surface area contributed by atoms with Crippen LogP contribution in [0.5, 0.6) is 5.75 Å². The number of anilines is 1. The number of ether oxygens (including phenoxy) is 1. The van der Waals surface area contributed by atoms with Gasteiger partial charge in [-0.2, -0.15) is 5.11 Å². The highest BCUT2D eigenvalue weighted by Gasteiger charge is 2.07. The van der Waals surface area contributed by atoms with Crippen LogP contribution in [0.15, 0.2) is 57.8 Å². The Morgan fingerprint density at radius 2 is 1.92 bits per heavy atom. The fourth-order valence-corrected chi connectivity index (χ4v) is 2.32. The topological polar surface area (TPSA) is 106 Å². The highest BCUT2D eigenvalue weighted by atomic mass is 16.5. The number of rotatable bonds is 9. The number of azo groups is 1. The number of hydrogen-bond acceptors (Lipinski definition) is 6. The molecule has 0 atom stereocenters. The summed E-state index contributed by atoms with van der Waals surface area (Å²) in [6, 6.07) is 12.9. The molecule has 0 bridgehead atoms. The Labute approximate surface area is 152 Å². The van der Waals surface area contributed by atoms with Crippen LogP contribution in [0, 0.1) is 0 Å². The van der Waals surface area contributed by atoms with E-state index in [0.29, 0.717) is 23.7 Å². The van der Waals surface area contributed by atoms with E-state index in [2.05, 4.69) is 25.2 Å². The van der Waals surface area contributed by atoms with Gasteiger partial charge in [-0.05, 0) is 41.8 Å². The lowest BCUT2D eigenvalue weighted by Crippen LogP contribution is -2.19. The fraction of sp³-hybridized carbons (Fsp3) is 0.333. The third-order valence-electron chi connectivity index (χ3n) is 3.81. The zero-order chi connectivity index (χ0) is 18.8. The molecule has 26 heavy (non-hydrogen) atoms. The number of methoxy groups -OCH3 is 1. The number of benzene rings is 2. The molecule has 0 heterocycles. The zero-order valence-electron chi connectivity index (χ0n) is 14.9. The van der Waals surface area contributed by atoms with Crippen LogP contribution in [-0.4, -0.2) is 32.4 Å². The van der Waals surface area contributed by atoms with Gasteiger partial charge in [0.1, 0.15) is 11.4 Å². The summed E-state index contributed by atoms with van der Waals surface area (Å²) >= 11 is 0. The molecule has 2 rings (SSSR count). The average Bonchev–Trinajstić information content (AvgIpc) is 2.69. The van der Waals surface area contributed by atoms with Gasteiger partial charge in [-0.25, -0.2) is 0 Å². The minimum Gasteiger partial charge on any atom is -0.494 e. The van der Waals surface area contributed by atoms with Gasteiger partial charge >= 0.3 is 0 Å². The quantitative estimate of drug-likeness (QED) is 0.304. The molecule has 0 amide bonds. The maximum atomic E-state index is 9.06. The number of nitrogens with zero attached hydrogens (tertiary/aromatic N) is 6. The lowest BCUT2D eigenvalue weighted by Gasteiger charge is -2.19. The van der Waals surface area contributed by atoms with Crippen LogP contribution in [-0.2, 0) is 6.61 Å². The predicted octanol–water partition coefficient (Wildman–Crippen LogP) is 4.74. The van der Waals surface area contributed by atoms with Gasteiger partial charge in [-0.3, -0.25) is 0 Å². The van der Waals surface area contributed by atoms with Crippen LogP contribution in [0.1, 0.15) is 12.0 Å². The number of azide groups is 1. The minimum absolute atomic E-state index is 0.00306. The molecular weight excluding hydrogens is 332 g/mol. The van der Waals surface area contributed by atoms with Gasteiger partial charge in [0, 0.05) is 36.8 Å². The van der Waals surface area contributed by atoms with Crippen molar-refractivity contribution in [3.8, 4) is 5.75 Å². The van der Waals surface area contributed by atoms with Crippen LogP contribution in [0.25, 0.3) is 10.4 Å². The summed E-state index contributed by atoms with van der Waals surface area (Å²) in [6.07, 6.45) is 0.772. The molecule has 0 radical (unpaired) electrons. The van der Waals surface area contributed by atoms with Crippen molar-refractivity contribution in [3.63, 3.8) is 0 Å². The first-order valence-corrected chi connectivity index (χ1v) is 8.19. The summed E-state index contributed by atoms with van der Waals surface area (Å²) in [7, 11) is 3.56. The van der Waals surface area contributed by atoms with Crippen LogP contribution in [0.4, 0.5) is 17.1 Å². The van der Waals surface area contributed by atoms with E-state index in [4.69, 9.17) is 15.4 Å². The van der Waals surface area contributed by atoms with Crippen molar-refractivity contribution < 1.29 is 9.84 Å². The van der Waals surface area contributed by atoms with Gasteiger partial charge in [0.25, 0.3) is 0 Å². The van der Waals surface area contributed by atoms with E-state index in [-0.39, 0.29) is 6.61 Å². The summed E-state index contributed by atoms with van der Waals surface area (Å²) in [4.78, 5) is 4.81. The van der Waals surface area contributed by atoms with E-state index in [1.807, 2.05) is 25.2 Å². The average molecular weight is 354 g/mol. The van der Waals surface area contributed by atoms with Crippen LogP contribution < -0.4 is 9.64 Å². The maximum absolute atomic E-state index is 9.06. The number of hydrogen-bond donors (Lipinski definition) is 1. The molecule has 0 saturated heterocycles. The Balaban J connectivity index is 2.09. The monoisotopic (exact) mass is 354 g/mol. The first-order valence-electron chi connectivity index (χ1n) is 8.19. The van der Waals surface area contributed by atoms with Crippen LogP contribution in [0.3, 0.4) is 0 Å².